The lowest BCUT2D eigenvalue weighted by Crippen LogP contribution is -2.40. The van der Waals surface area contributed by atoms with E-state index in [2.05, 4.69) is 23.8 Å². The zero-order valence-electron chi connectivity index (χ0n) is 18.5. The highest BCUT2D eigenvalue weighted by Gasteiger charge is 2.62. The second kappa shape index (κ2) is 7.28. The number of hydrogen-bond acceptors (Lipinski definition) is 6. The van der Waals surface area contributed by atoms with Crippen LogP contribution < -0.4 is 15.4 Å². The monoisotopic (exact) mass is 481 g/mol. The van der Waals surface area contributed by atoms with E-state index in [0.29, 0.717) is 17.2 Å². The average molecular weight is 482 g/mol. The van der Waals surface area contributed by atoms with Crippen LogP contribution in [0, 0.1) is 5.41 Å². The topological polar surface area (TPSA) is 86.3 Å². The highest BCUT2D eigenvalue weighted by molar-refractivity contribution is 8.08. The van der Waals surface area contributed by atoms with Crippen LogP contribution in [0.1, 0.15) is 49.9 Å². The summed E-state index contributed by atoms with van der Waals surface area (Å²) < 4.78 is 46.5. The van der Waals surface area contributed by atoms with E-state index in [1.165, 1.54) is 4.68 Å². The van der Waals surface area contributed by atoms with Gasteiger partial charge in [0.25, 0.3) is 5.91 Å². The standard InChI is InChI=1S/C22H26F3N5O2S/c1-19(2)11-21(13-33-21)12-29(19)18-14(17(26)31)3-4-15(27-18)30-9-5-16(28-30)32-10-8-20(6-7-20)22(23,24)25/h3-5,9H,6-8,10-13H2,1-2H3,(H2,26,31). The molecule has 1 amide bonds. The molecule has 4 heterocycles. The molecule has 3 fully saturated rings. The molecular weight excluding hydrogens is 455 g/mol. The van der Waals surface area contributed by atoms with Gasteiger partial charge >= 0.3 is 6.18 Å². The van der Waals surface area contributed by atoms with Crippen molar-refractivity contribution in [3.8, 4) is 11.7 Å². The highest BCUT2D eigenvalue weighted by atomic mass is 32.2. The molecule has 2 aliphatic heterocycles. The van der Waals surface area contributed by atoms with Gasteiger partial charge < -0.3 is 15.4 Å². The van der Waals surface area contributed by atoms with Gasteiger partial charge in [0.15, 0.2) is 5.82 Å². The van der Waals surface area contributed by atoms with E-state index in [1.807, 2.05) is 11.8 Å². The predicted octanol–water partition coefficient (Wildman–Crippen LogP) is 3.95. The van der Waals surface area contributed by atoms with Gasteiger partial charge in [-0.1, -0.05) is 0 Å². The van der Waals surface area contributed by atoms with Crippen molar-refractivity contribution < 1.29 is 22.7 Å². The summed E-state index contributed by atoms with van der Waals surface area (Å²) in [6.07, 6.45) is -1.34. The second-order valence-corrected chi connectivity index (χ2v) is 11.4. The first-order valence-electron chi connectivity index (χ1n) is 10.9. The van der Waals surface area contributed by atoms with E-state index in [-0.39, 0.29) is 42.0 Å². The number of pyridine rings is 1. The number of ether oxygens (including phenoxy) is 1. The molecule has 178 valence electrons. The highest BCUT2D eigenvalue weighted by Crippen LogP contribution is 2.60. The summed E-state index contributed by atoms with van der Waals surface area (Å²) >= 11 is 1.92. The van der Waals surface area contributed by atoms with Crippen LogP contribution in [0.25, 0.3) is 5.82 Å². The molecular formula is C22H26F3N5O2S. The number of nitrogens with two attached hydrogens (primary N) is 1. The first-order chi connectivity index (χ1) is 15.4. The van der Waals surface area contributed by atoms with Gasteiger partial charge in [-0.15, -0.1) is 5.10 Å². The molecule has 0 radical (unpaired) electrons. The fourth-order valence-corrected chi connectivity index (χ4v) is 5.82. The third-order valence-corrected chi connectivity index (χ3v) is 8.33. The third kappa shape index (κ3) is 4.04. The Bertz CT molecular complexity index is 1090. The van der Waals surface area contributed by atoms with E-state index >= 15 is 0 Å². The van der Waals surface area contributed by atoms with Crippen LogP contribution in [0.3, 0.4) is 0 Å². The van der Waals surface area contributed by atoms with Crippen LogP contribution in [-0.4, -0.2) is 56.0 Å². The number of primary amides is 1. The minimum absolute atomic E-state index is 0.0580. The van der Waals surface area contributed by atoms with E-state index in [4.69, 9.17) is 15.5 Å². The maximum Gasteiger partial charge on any atom is 0.394 e. The fraction of sp³-hybridized carbons (Fsp3) is 0.591. The van der Waals surface area contributed by atoms with Crippen LogP contribution in [0.5, 0.6) is 5.88 Å². The van der Waals surface area contributed by atoms with E-state index in [0.717, 1.165) is 18.7 Å². The number of amides is 1. The van der Waals surface area contributed by atoms with Crippen molar-refractivity contribution in [1.82, 2.24) is 14.8 Å². The van der Waals surface area contributed by atoms with Crippen molar-refractivity contribution in [1.29, 1.82) is 0 Å². The number of aromatic nitrogens is 3. The number of rotatable bonds is 7. The number of anilines is 1. The first-order valence-corrected chi connectivity index (χ1v) is 11.9. The largest absolute Gasteiger partial charge is 0.477 e. The molecule has 5 rings (SSSR count). The van der Waals surface area contributed by atoms with Gasteiger partial charge in [0, 0.05) is 34.8 Å². The van der Waals surface area contributed by atoms with Crippen molar-refractivity contribution in [2.45, 2.75) is 56.0 Å². The smallest absolute Gasteiger partial charge is 0.394 e. The summed E-state index contributed by atoms with van der Waals surface area (Å²) in [5.74, 6) is 1.76. The van der Waals surface area contributed by atoms with Crippen LogP contribution in [0.2, 0.25) is 0 Å². The van der Waals surface area contributed by atoms with Crippen molar-refractivity contribution in [2.75, 3.05) is 23.8 Å². The minimum Gasteiger partial charge on any atom is -0.477 e. The lowest BCUT2D eigenvalue weighted by molar-refractivity contribution is -0.190. The first kappa shape index (κ1) is 22.4. The zero-order chi connectivity index (χ0) is 23.6. The number of halogens is 3. The number of hydrogen-bond donors (Lipinski definition) is 1. The van der Waals surface area contributed by atoms with Gasteiger partial charge in [-0.2, -0.15) is 24.9 Å². The van der Waals surface area contributed by atoms with Crippen molar-refractivity contribution in [3.63, 3.8) is 0 Å². The molecule has 33 heavy (non-hydrogen) atoms. The number of alkyl halides is 3. The molecule has 2 N–H and O–H groups in total. The molecule has 0 bridgehead atoms. The Morgan fingerprint density at radius 2 is 2.00 bits per heavy atom. The Morgan fingerprint density at radius 3 is 2.58 bits per heavy atom. The maximum absolute atomic E-state index is 13.1. The van der Waals surface area contributed by atoms with Gasteiger partial charge in [-0.05, 0) is 51.7 Å². The number of carbonyl (C=O) groups is 1. The van der Waals surface area contributed by atoms with Gasteiger partial charge in [-0.3, -0.25) is 4.79 Å². The summed E-state index contributed by atoms with van der Waals surface area (Å²) in [4.78, 5) is 19.0. The van der Waals surface area contributed by atoms with Gasteiger partial charge in [0.1, 0.15) is 5.82 Å². The molecule has 1 atom stereocenters. The Morgan fingerprint density at radius 1 is 1.27 bits per heavy atom. The fourth-order valence-electron chi connectivity index (χ4n) is 4.75. The quantitative estimate of drug-likeness (QED) is 0.603. The van der Waals surface area contributed by atoms with E-state index in [9.17, 15) is 18.0 Å². The van der Waals surface area contributed by atoms with Crippen molar-refractivity contribution in [3.05, 3.63) is 30.0 Å². The van der Waals surface area contributed by atoms with Gasteiger partial charge in [-0.25, -0.2) is 9.67 Å². The SMILES string of the molecule is CC1(C)CC2(CS2)CN1c1nc(-n2ccc(OCCC3(C(F)(F)F)CC3)n2)ccc1C(N)=O. The average Bonchev–Trinajstić information content (AvgIpc) is 3.60. The lowest BCUT2D eigenvalue weighted by atomic mass is 9.97. The van der Waals surface area contributed by atoms with Crippen LogP contribution in [-0.2, 0) is 0 Å². The molecule has 2 aromatic rings. The number of carbonyl (C=O) groups excluding carboxylic acids is 1. The molecule has 1 saturated carbocycles. The van der Waals surface area contributed by atoms with E-state index < -0.39 is 17.5 Å². The summed E-state index contributed by atoms with van der Waals surface area (Å²) in [6.45, 7) is 4.99. The van der Waals surface area contributed by atoms with Crippen LogP contribution in [0.4, 0.5) is 19.0 Å². The Balaban J connectivity index is 1.35. The summed E-state index contributed by atoms with van der Waals surface area (Å²) in [6, 6.07) is 4.88. The van der Waals surface area contributed by atoms with Gasteiger partial charge in [0.2, 0.25) is 5.88 Å². The molecule has 0 aromatic carbocycles. The van der Waals surface area contributed by atoms with Crippen LogP contribution in [0.15, 0.2) is 24.4 Å². The Hall–Kier alpha value is -2.43. The zero-order valence-corrected chi connectivity index (χ0v) is 19.3. The number of nitrogens with zero attached hydrogens (tertiary/aromatic N) is 4. The molecule has 11 heteroatoms. The summed E-state index contributed by atoms with van der Waals surface area (Å²) in [5.41, 5.74) is 4.20. The molecule has 2 aromatic heterocycles. The Labute approximate surface area is 193 Å². The summed E-state index contributed by atoms with van der Waals surface area (Å²) in [7, 11) is 0. The van der Waals surface area contributed by atoms with Crippen LogP contribution >= 0.6 is 11.8 Å². The normalized spacial score (nSPS) is 24.8. The second-order valence-electron chi connectivity index (χ2n) is 9.93. The molecule has 2 saturated heterocycles. The van der Waals surface area contributed by atoms with E-state index in [1.54, 1.807) is 24.4 Å². The van der Waals surface area contributed by atoms with Crippen molar-refractivity contribution in [2.24, 2.45) is 11.1 Å². The predicted molar refractivity (Wildman–Crippen MR) is 119 cm³/mol. The Kier molecular flexibility index (Phi) is 4.94. The maximum atomic E-state index is 13.1. The third-order valence-electron chi connectivity index (χ3n) is 6.95. The molecule has 1 aliphatic carbocycles. The molecule has 7 nitrogen and oxygen atoms in total. The molecule has 1 unspecified atom stereocenters. The van der Waals surface area contributed by atoms with Crippen molar-refractivity contribution >= 4 is 23.5 Å². The number of thioether (sulfide) groups is 1. The molecule has 3 aliphatic rings. The minimum atomic E-state index is -4.20. The van der Waals surface area contributed by atoms with Gasteiger partial charge in [0.05, 0.1) is 17.6 Å². The lowest BCUT2D eigenvalue weighted by Gasteiger charge is -2.33. The summed E-state index contributed by atoms with van der Waals surface area (Å²) in [5, 5.41) is 4.31. The molecule has 1 spiro atoms.